The van der Waals surface area contributed by atoms with Crippen molar-refractivity contribution >= 4 is 6.09 Å². The number of piperidine rings is 1. The van der Waals surface area contributed by atoms with E-state index in [2.05, 4.69) is 15.1 Å². The molecule has 21 heavy (non-hydrogen) atoms. The molecule has 1 amide bonds. The van der Waals surface area contributed by atoms with Crippen LogP contribution in [0.25, 0.3) is 4.85 Å². The molecule has 1 saturated heterocycles. The van der Waals surface area contributed by atoms with Crippen molar-refractivity contribution in [2.45, 2.75) is 76.6 Å². The number of amides is 1. The summed E-state index contributed by atoms with van der Waals surface area (Å²) >= 11 is 0. The van der Waals surface area contributed by atoms with Gasteiger partial charge in [-0.2, -0.15) is 0 Å². The fourth-order valence-corrected chi connectivity index (χ4v) is 3.39. The van der Waals surface area contributed by atoms with E-state index in [4.69, 9.17) is 11.3 Å². The Balaban J connectivity index is 1.92. The molecule has 0 aromatic rings. The van der Waals surface area contributed by atoms with Crippen molar-refractivity contribution in [2.75, 3.05) is 13.1 Å². The monoisotopic (exact) mass is 293 g/mol. The molecule has 0 spiro atoms. The van der Waals surface area contributed by atoms with Gasteiger partial charge in [0.25, 0.3) is 5.66 Å². The molecule has 1 N–H and O–H groups in total. The summed E-state index contributed by atoms with van der Waals surface area (Å²) in [5.41, 5.74) is -0.782. The van der Waals surface area contributed by atoms with E-state index < -0.39 is 5.60 Å². The van der Waals surface area contributed by atoms with Gasteiger partial charge in [-0.1, -0.05) is 0 Å². The average Bonchev–Trinajstić information content (AvgIpc) is 2.86. The van der Waals surface area contributed by atoms with E-state index in [0.29, 0.717) is 0 Å². The Morgan fingerprint density at radius 2 is 2.00 bits per heavy atom. The predicted octanol–water partition coefficient (Wildman–Crippen LogP) is 3.17. The Labute approximate surface area is 127 Å². The second-order valence-electron chi connectivity index (χ2n) is 7.23. The molecule has 1 saturated carbocycles. The molecule has 1 aliphatic heterocycles. The molecule has 2 aliphatic rings. The normalized spacial score (nSPS) is 26.1. The van der Waals surface area contributed by atoms with Crippen LogP contribution in [0.5, 0.6) is 0 Å². The van der Waals surface area contributed by atoms with Gasteiger partial charge in [0.1, 0.15) is 5.60 Å². The van der Waals surface area contributed by atoms with E-state index in [-0.39, 0.29) is 17.8 Å². The molecule has 0 aromatic carbocycles. The van der Waals surface area contributed by atoms with Crippen LogP contribution in [-0.2, 0) is 4.74 Å². The van der Waals surface area contributed by atoms with Gasteiger partial charge in [0.05, 0.1) is 0 Å². The number of carbonyl (C=O) groups excluding carboxylic acids is 1. The van der Waals surface area contributed by atoms with Crippen molar-refractivity contribution in [3.05, 3.63) is 11.4 Å². The number of nitrogens with zero attached hydrogens (tertiary/aromatic N) is 2. The van der Waals surface area contributed by atoms with Crippen LogP contribution >= 0.6 is 0 Å². The lowest BCUT2D eigenvalue weighted by molar-refractivity contribution is 0.0414. The number of hydrogen-bond acceptors (Lipinski definition) is 3. The minimum absolute atomic E-state index is 0.0906. The van der Waals surface area contributed by atoms with Crippen molar-refractivity contribution in [2.24, 2.45) is 0 Å². The van der Waals surface area contributed by atoms with Crippen LogP contribution in [0.2, 0.25) is 0 Å². The Morgan fingerprint density at radius 3 is 2.57 bits per heavy atom. The van der Waals surface area contributed by atoms with Crippen LogP contribution in [-0.4, -0.2) is 41.4 Å². The van der Waals surface area contributed by atoms with Crippen molar-refractivity contribution in [3.8, 4) is 0 Å². The topological polar surface area (TPSA) is 45.9 Å². The number of hydrogen-bond donors (Lipinski definition) is 1. The van der Waals surface area contributed by atoms with Crippen LogP contribution in [0.15, 0.2) is 0 Å². The molecular weight excluding hydrogens is 266 g/mol. The quantitative estimate of drug-likeness (QED) is 0.795. The van der Waals surface area contributed by atoms with Crippen molar-refractivity contribution in [1.82, 2.24) is 10.2 Å². The summed E-state index contributed by atoms with van der Waals surface area (Å²) in [5.74, 6) is 0. The molecular formula is C16H27N3O2. The van der Waals surface area contributed by atoms with Gasteiger partial charge in [0.15, 0.2) is 0 Å². The Kier molecular flexibility index (Phi) is 4.77. The van der Waals surface area contributed by atoms with E-state index in [1.807, 2.05) is 20.8 Å². The average molecular weight is 293 g/mol. The van der Waals surface area contributed by atoms with E-state index in [1.165, 1.54) is 0 Å². The van der Waals surface area contributed by atoms with E-state index in [0.717, 1.165) is 51.6 Å². The van der Waals surface area contributed by atoms with Crippen LogP contribution in [0.1, 0.15) is 59.3 Å². The zero-order valence-corrected chi connectivity index (χ0v) is 13.4. The fraction of sp³-hybridized carbons (Fsp3) is 0.875. The molecule has 2 rings (SSSR count). The Morgan fingerprint density at radius 1 is 1.33 bits per heavy atom. The number of rotatable bonds is 2. The number of carbonyl (C=O) groups is 1. The van der Waals surface area contributed by atoms with Crippen LogP contribution in [0, 0.1) is 6.57 Å². The number of ether oxygens (including phenoxy) is 1. The van der Waals surface area contributed by atoms with E-state index in [1.54, 1.807) is 0 Å². The fourth-order valence-electron chi connectivity index (χ4n) is 3.39. The van der Waals surface area contributed by atoms with Crippen molar-refractivity contribution < 1.29 is 9.53 Å². The summed E-state index contributed by atoms with van der Waals surface area (Å²) in [6, 6.07) is 0.0906. The maximum absolute atomic E-state index is 11.9. The molecule has 1 atom stereocenters. The van der Waals surface area contributed by atoms with Gasteiger partial charge in [-0.25, -0.2) is 16.3 Å². The molecule has 118 valence electrons. The third kappa shape index (κ3) is 4.10. The Bertz CT molecular complexity index is 416. The highest BCUT2D eigenvalue weighted by Crippen LogP contribution is 2.38. The third-order valence-electron chi connectivity index (χ3n) is 4.34. The second kappa shape index (κ2) is 6.23. The predicted molar refractivity (Wildman–Crippen MR) is 81.8 cm³/mol. The van der Waals surface area contributed by atoms with E-state index in [9.17, 15) is 4.79 Å². The highest BCUT2D eigenvalue weighted by Gasteiger charge is 2.47. The zero-order valence-electron chi connectivity index (χ0n) is 13.4. The highest BCUT2D eigenvalue weighted by atomic mass is 16.6. The maximum atomic E-state index is 11.9. The van der Waals surface area contributed by atoms with Crippen molar-refractivity contribution in [3.63, 3.8) is 0 Å². The lowest BCUT2D eigenvalue weighted by atomic mass is 9.99. The number of alkyl carbamates (subject to hydrolysis) is 1. The summed E-state index contributed by atoms with van der Waals surface area (Å²) in [6.07, 6.45) is 5.86. The maximum Gasteiger partial charge on any atom is 0.407 e. The van der Waals surface area contributed by atoms with Gasteiger partial charge in [-0.15, -0.1) is 0 Å². The number of nitrogens with one attached hydrogen (secondary N) is 1. The van der Waals surface area contributed by atoms with Gasteiger partial charge >= 0.3 is 6.09 Å². The van der Waals surface area contributed by atoms with Crippen LogP contribution < -0.4 is 5.32 Å². The summed E-state index contributed by atoms with van der Waals surface area (Å²) in [4.78, 5) is 18.1. The molecule has 0 bridgehead atoms. The molecule has 0 aromatic heterocycles. The lowest BCUT2D eigenvalue weighted by Gasteiger charge is -2.38. The summed E-state index contributed by atoms with van der Waals surface area (Å²) < 4.78 is 5.32. The van der Waals surface area contributed by atoms with Crippen LogP contribution in [0.4, 0.5) is 4.79 Å². The van der Waals surface area contributed by atoms with Gasteiger partial charge in [-0.3, -0.25) is 4.85 Å². The summed E-state index contributed by atoms with van der Waals surface area (Å²) in [7, 11) is 0. The first-order valence-corrected chi connectivity index (χ1v) is 7.98. The third-order valence-corrected chi connectivity index (χ3v) is 4.34. The first kappa shape index (κ1) is 16.1. The summed E-state index contributed by atoms with van der Waals surface area (Å²) in [6.45, 7) is 14.9. The standard InChI is InChI=1S/C16H27N3O2/c1-15(2,3)21-14(20)18-13-8-7-11-19(12-13)16(17-4)9-5-6-10-16/h13H,5-12H2,1-3H3,(H,18,20)/t13-/m1/s1. The SMILES string of the molecule is [C-]#[N+]C1(N2CCC[C@@H](NC(=O)OC(C)(C)C)C2)CCCC1. The lowest BCUT2D eigenvalue weighted by Crippen LogP contribution is -2.55. The van der Waals surface area contributed by atoms with E-state index >= 15 is 0 Å². The van der Waals surface area contributed by atoms with Gasteiger partial charge in [-0.05, 0) is 46.5 Å². The number of likely N-dealkylation sites (tertiary alicyclic amines) is 1. The van der Waals surface area contributed by atoms with Crippen molar-refractivity contribution in [1.29, 1.82) is 0 Å². The molecule has 1 heterocycles. The second-order valence-corrected chi connectivity index (χ2v) is 7.23. The van der Waals surface area contributed by atoms with Gasteiger partial charge < -0.3 is 10.1 Å². The Hall–Kier alpha value is -1.28. The summed E-state index contributed by atoms with van der Waals surface area (Å²) in [5, 5.41) is 2.96. The van der Waals surface area contributed by atoms with Gasteiger partial charge in [0, 0.05) is 32.0 Å². The minimum atomic E-state index is -0.471. The first-order valence-electron chi connectivity index (χ1n) is 7.98. The molecule has 2 fully saturated rings. The largest absolute Gasteiger partial charge is 0.444 e. The van der Waals surface area contributed by atoms with Gasteiger partial charge in [0.2, 0.25) is 0 Å². The highest BCUT2D eigenvalue weighted by molar-refractivity contribution is 5.68. The zero-order chi connectivity index (χ0) is 15.5. The molecule has 1 aliphatic carbocycles. The van der Waals surface area contributed by atoms with Crippen LogP contribution in [0.3, 0.4) is 0 Å². The molecule has 5 heteroatoms. The molecule has 5 nitrogen and oxygen atoms in total. The first-order chi connectivity index (χ1) is 9.85. The smallest absolute Gasteiger partial charge is 0.407 e. The molecule has 0 radical (unpaired) electrons. The molecule has 0 unspecified atom stereocenters. The minimum Gasteiger partial charge on any atom is -0.444 e.